The van der Waals surface area contributed by atoms with Gasteiger partial charge in [-0.1, -0.05) is 50.2 Å². The Bertz CT molecular complexity index is 955. The predicted molar refractivity (Wildman–Crippen MR) is 118 cm³/mol. The molecule has 0 aromatic heterocycles. The van der Waals surface area contributed by atoms with Gasteiger partial charge in [0.05, 0.1) is 11.4 Å². The van der Waals surface area contributed by atoms with E-state index in [1.165, 1.54) is 9.87 Å². The second-order valence-electron chi connectivity index (χ2n) is 8.47. The van der Waals surface area contributed by atoms with Gasteiger partial charge in [0.25, 0.3) is 5.91 Å². The van der Waals surface area contributed by atoms with Gasteiger partial charge in [-0.05, 0) is 55.4 Å². The molecule has 0 bridgehead atoms. The summed E-state index contributed by atoms with van der Waals surface area (Å²) in [4.78, 5) is 12.8. The maximum absolute atomic E-state index is 12.8. The Labute approximate surface area is 174 Å². The fourth-order valence-electron chi connectivity index (χ4n) is 4.01. The van der Waals surface area contributed by atoms with Crippen LogP contribution in [0.2, 0.25) is 0 Å². The number of benzene rings is 2. The highest BCUT2D eigenvalue weighted by Gasteiger charge is 2.27. The fraction of sp³-hybridized carbons (Fsp3) is 0.435. The van der Waals surface area contributed by atoms with Crippen LogP contribution >= 0.6 is 0 Å². The van der Waals surface area contributed by atoms with Gasteiger partial charge in [-0.3, -0.25) is 9.10 Å². The first-order valence-electron chi connectivity index (χ1n) is 10.2. The maximum atomic E-state index is 12.8. The van der Waals surface area contributed by atoms with Crippen molar-refractivity contribution in [2.75, 3.05) is 16.6 Å². The minimum absolute atomic E-state index is 0.0277. The Morgan fingerprint density at radius 2 is 1.83 bits per heavy atom. The highest BCUT2D eigenvalue weighted by molar-refractivity contribution is 7.92. The third-order valence-electron chi connectivity index (χ3n) is 5.49. The molecule has 156 valence electrons. The molecule has 29 heavy (non-hydrogen) atoms. The lowest BCUT2D eigenvalue weighted by atomic mass is 9.79. The van der Waals surface area contributed by atoms with Crippen molar-refractivity contribution in [3.05, 3.63) is 65.7 Å². The Morgan fingerprint density at radius 1 is 1.10 bits per heavy atom. The summed E-state index contributed by atoms with van der Waals surface area (Å²) in [5, 5.41) is 3.07. The van der Waals surface area contributed by atoms with Gasteiger partial charge in [-0.25, -0.2) is 8.42 Å². The van der Waals surface area contributed by atoms with Crippen LogP contribution < -0.4 is 9.62 Å². The lowest BCUT2D eigenvalue weighted by Gasteiger charge is -2.30. The molecule has 1 fully saturated rings. The summed E-state index contributed by atoms with van der Waals surface area (Å²) in [6.45, 7) is 6.82. The molecule has 3 rings (SSSR count). The number of carbonyl (C=O) groups is 1. The normalized spacial score (nSPS) is 17.6. The van der Waals surface area contributed by atoms with Crippen molar-refractivity contribution >= 4 is 21.6 Å². The fourth-order valence-corrected chi connectivity index (χ4v) is 5.64. The summed E-state index contributed by atoms with van der Waals surface area (Å²) in [6, 6.07) is 17.1. The Morgan fingerprint density at radius 3 is 2.52 bits per heavy atom. The van der Waals surface area contributed by atoms with Crippen LogP contribution in [-0.2, 0) is 15.4 Å². The maximum Gasteiger partial charge on any atom is 0.251 e. The van der Waals surface area contributed by atoms with Crippen molar-refractivity contribution in [3.63, 3.8) is 0 Å². The van der Waals surface area contributed by atoms with Crippen LogP contribution in [0, 0.1) is 0 Å². The van der Waals surface area contributed by atoms with Gasteiger partial charge in [0.15, 0.2) is 0 Å². The largest absolute Gasteiger partial charge is 0.350 e. The molecule has 1 aliphatic rings. The van der Waals surface area contributed by atoms with Gasteiger partial charge in [0.1, 0.15) is 0 Å². The molecule has 0 unspecified atom stereocenters. The third-order valence-corrected chi connectivity index (χ3v) is 7.36. The van der Waals surface area contributed by atoms with Crippen molar-refractivity contribution in [1.82, 2.24) is 5.32 Å². The second-order valence-corrected chi connectivity index (χ2v) is 10.5. The molecule has 6 heteroatoms. The van der Waals surface area contributed by atoms with Crippen molar-refractivity contribution in [3.8, 4) is 0 Å². The van der Waals surface area contributed by atoms with Crippen LogP contribution in [0.4, 0.5) is 5.69 Å². The molecule has 1 amide bonds. The minimum atomic E-state index is -3.30. The summed E-state index contributed by atoms with van der Waals surface area (Å²) in [5.74, 6) is -0.0210. The van der Waals surface area contributed by atoms with E-state index < -0.39 is 10.0 Å². The Hall–Kier alpha value is -2.34. The van der Waals surface area contributed by atoms with Crippen molar-refractivity contribution < 1.29 is 13.2 Å². The molecule has 5 nitrogen and oxygen atoms in total. The Balaban J connectivity index is 1.69. The topological polar surface area (TPSA) is 66.5 Å². The number of hydrogen-bond donors (Lipinski definition) is 1. The van der Waals surface area contributed by atoms with Gasteiger partial charge in [-0.2, -0.15) is 0 Å². The predicted octanol–water partition coefficient (Wildman–Crippen LogP) is 4.10. The smallest absolute Gasteiger partial charge is 0.251 e. The first-order valence-corrected chi connectivity index (χ1v) is 11.8. The zero-order valence-corrected chi connectivity index (χ0v) is 18.2. The van der Waals surface area contributed by atoms with Crippen LogP contribution in [0.25, 0.3) is 0 Å². The number of sulfonamides is 1. The van der Waals surface area contributed by atoms with Gasteiger partial charge in [0.2, 0.25) is 10.0 Å². The van der Waals surface area contributed by atoms with E-state index in [-0.39, 0.29) is 23.1 Å². The average Bonchev–Trinajstić information content (AvgIpc) is 2.68. The van der Waals surface area contributed by atoms with Gasteiger partial charge in [-0.15, -0.1) is 0 Å². The molecule has 0 spiro atoms. The number of rotatable bonds is 6. The van der Waals surface area contributed by atoms with E-state index in [0.29, 0.717) is 24.2 Å². The zero-order chi connectivity index (χ0) is 21.1. The van der Waals surface area contributed by atoms with E-state index in [2.05, 4.69) is 31.3 Å². The number of hydrogen-bond acceptors (Lipinski definition) is 3. The molecule has 2 aromatic carbocycles. The summed E-state index contributed by atoms with van der Waals surface area (Å²) in [7, 11) is -3.30. The molecule has 2 aromatic rings. The summed E-state index contributed by atoms with van der Waals surface area (Å²) < 4.78 is 26.1. The molecule has 1 atom stereocenters. The number of nitrogens with zero attached hydrogens (tertiary/aromatic N) is 1. The van der Waals surface area contributed by atoms with Crippen LogP contribution in [0.1, 0.15) is 56.0 Å². The van der Waals surface area contributed by atoms with Gasteiger partial charge >= 0.3 is 0 Å². The first kappa shape index (κ1) is 21.4. The number of nitrogens with one attached hydrogen (secondary N) is 1. The number of carbonyl (C=O) groups excluding carboxylic acids is 1. The Kier molecular flexibility index (Phi) is 6.32. The monoisotopic (exact) mass is 414 g/mol. The molecule has 1 aliphatic heterocycles. The highest BCUT2D eigenvalue weighted by Crippen LogP contribution is 2.28. The molecular weight excluding hydrogens is 384 g/mol. The van der Waals surface area contributed by atoms with Gasteiger partial charge < -0.3 is 5.32 Å². The van der Waals surface area contributed by atoms with Crippen LogP contribution in [0.3, 0.4) is 0 Å². The molecule has 0 aliphatic carbocycles. The lowest BCUT2D eigenvalue weighted by Crippen LogP contribution is -2.38. The number of amides is 1. The second kappa shape index (κ2) is 8.57. The summed E-state index contributed by atoms with van der Waals surface area (Å²) >= 11 is 0. The standard InChI is InChI=1S/C23H30N2O3S/c1-18(17-23(2,3)20-11-5-4-6-12-20)24-22(26)19-10-9-13-21(16-19)25-14-7-8-15-29(25,27)28/h4-6,9-13,16,18H,7-8,14-15,17H2,1-3H3,(H,24,26)/t18-/m0/s1. The van der Waals surface area contributed by atoms with Crippen molar-refractivity contribution in [1.29, 1.82) is 0 Å². The van der Waals surface area contributed by atoms with E-state index in [1.807, 2.05) is 25.1 Å². The van der Waals surface area contributed by atoms with Gasteiger partial charge in [0, 0.05) is 18.2 Å². The summed E-state index contributed by atoms with van der Waals surface area (Å²) in [6.07, 6.45) is 2.32. The average molecular weight is 415 g/mol. The number of anilines is 1. The van der Waals surface area contributed by atoms with Crippen molar-refractivity contribution in [2.45, 2.75) is 51.5 Å². The van der Waals surface area contributed by atoms with Crippen LogP contribution in [0.15, 0.2) is 54.6 Å². The van der Waals surface area contributed by atoms with Crippen LogP contribution in [-0.4, -0.2) is 32.7 Å². The van der Waals surface area contributed by atoms with Crippen molar-refractivity contribution in [2.24, 2.45) is 0 Å². The molecule has 0 saturated carbocycles. The highest BCUT2D eigenvalue weighted by atomic mass is 32.2. The third kappa shape index (κ3) is 5.18. The van der Waals surface area contributed by atoms with E-state index in [9.17, 15) is 13.2 Å². The molecular formula is C23H30N2O3S. The van der Waals surface area contributed by atoms with Crippen LogP contribution in [0.5, 0.6) is 0 Å². The van der Waals surface area contributed by atoms with E-state index in [4.69, 9.17) is 0 Å². The van der Waals surface area contributed by atoms with E-state index in [1.54, 1.807) is 24.3 Å². The SMILES string of the molecule is C[C@@H](CC(C)(C)c1ccccc1)NC(=O)c1cccc(N2CCCCS2(=O)=O)c1. The van der Waals surface area contributed by atoms with E-state index >= 15 is 0 Å². The molecule has 1 saturated heterocycles. The lowest BCUT2D eigenvalue weighted by molar-refractivity contribution is 0.0934. The first-order chi connectivity index (χ1) is 13.7. The zero-order valence-electron chi connectivity index (χ0n) is 17.4. The molecule has 1 heterocycles. The summed E-state index contributed by atoms with van der Waals surface area (Å²) in [5.41, 5.74) is 2.21. The quantitative estimate of drug-likeness (QED) is 0.774. The molecule has 1 N–H and O–H groups in total. The molecule has 0 radical (unpaired) electrons. The van der Waals surface area contributed by atoms with E-state index in [0.717, 1.165) is 12.8 Å². The minimum Gasteiger partial charge on any atom is -0.350 e.